The Kier molecular flexibility index (Phi) is 2.81. The molecule has 92 valence electrons. The fourth-order valence-corrected chi connectivity index (χ4v) is 1.92. The molecule has 1 heterocycles. The van der Waals surface area contributed by atoms with Gasteiger partial charge in [-0.15, -0.1) is 0 Å². The number of rotatable bonds is 0. The number of aromatic nitrogens is 1. The van der Waals surface area contributed by atoms with Crippen LogP contribution in [0.3, 0.4) is 0 Å². The van der Waals surface area contributed by atoms with Gasteiger partial charge in [-0.25, -0.2) is 4.98 Å². The van der Waals surface area contributed by atoms with Crippen LogP contribution in [0.5, 0.6) is 0 Å². The molecule has 3 rings (SSSR count). The van der Waals surface area contributed by atoms with Crippen LogP contribution >= 0.6 is 0 Å². The van der Waals surface area contributed by atoms with Crippen molar-refractivity contribution in [3.05, 3.63) is 65.0 Å². The third-order valence-electron chi connectivity index (χ3n) is 2.99. The highest BCUT2D eigenvalue weighted by molar-refractivity contribution is 5.74. The molecule has 0 unspecified atom stereocenters. The van der Waals surface area contributed by atoms with E-state index >= 15 is 0 Å². The smallest absolute Gasteiger partial charge is 0.274 e. The van der Waals surface area contributed by atoms with Gasteiger partial charge in [-0.05, 0) is 49.1 Å². The normalized spacial score (nSPS) is 10.2. The maximum Gasteiger partial charge on any atom is 0.274 e. The summed E-state index contributed by atoms with van der Waals surface area (Å²) in [5.74, 6) is 6.54. The van der Waals surface area contributed by atoms with Gasteiger partial charge in [-0.1, -0.05) is 30.2 Å². The van der Waals surface area contributed by atoms with Gasteiger partial charge in [0.25, 0.3) is 5.89 Å². The Morgan fingerprint density at radius 1 is 1.00 bits per heavy atom. The second-order valence-electron chi connectivity index (χ2n) is 4.56. The van der Waals surface area contributed by atoms with Crippen molar-refractivity contribution >= 4 is 11.1 Å². The maximum absolute atomic E-state index is 5.60. The zero-order valence-corrected chi connectivity index (χ0v) is 10.9. The standard InChI is InChI=1S/C17H13NO/c1-12-7-9-16-15(11-12)18-17(19-16)10-8-14-6-4-3-5-13(14)2/h3-7,9,11H,1-2H3. The van der Waals surface area contributed by atoms with Crippen molar-refractivity contribution in [1.29, 1.82) is 0 Å². The summed E-state index contributed by atoms with van der Waals surface area (Å²) in [4.78, 5) is 4.38. The van der Waals surface area contributed by atoms with E-state index in [-0.39, 0.29) is 0 Å². The van der Waals surface area contributed by atoms with Crippen LogP contribution in [0.4, 0.5) is 0 Å². The van der Waals surface area contributed by atoms with Crippen LogP contribution in [-0.2, 0) is 0 Å². The van der Waals surface area contributed by atoms with E-state index in [2.05, 4.69) is 16.8 Å². The first-order valence-corrected chi connectivity index (χ1v) is 6.17. The first kappa shape index (κ1) is 11.6. The van der Waals surface area contributed by atoms with Crippen molar-refractivity contribution in [2.24, 2.45) is 0 Å². The van der Waals surface area contributed by atoms with Crippen LogP contribution in [0.15, 0.2) is 46.9 Å². The summed E-state index contributed by atoms with van der Waals surface area (Å²) in [7, 11) is 0. The van der Waals surface area contributed by atoms with Gasteiger partial charge in [0.05, 0.1) is 0 Å². The molecule has 2 aromatic carbocycles. The van der Waals surface area contributed by atoms with Crippen LogP contribution in [0.25, 0.3) is 11.1 Å². The van der Waals surface area contributed by atoms with Crippen molar-refractivity contribution in [2.45, 2.75) is 13.8 Å². The topological polar surface area (TPSA) is 26.0 Å². The molecular weight excluding hydrogens is 234 g/mol. The van der Waals surface area contributed by atoms with Crippen molar-refractivity contribution in [3.8, 4) is 11.8 Å². The van der Waals surface area contributed by atoms with Crippen LogP contribution in [0.2, 0.25) is 0 Å². The molecular formula is C17H13NO. The Morgan fingerprint density at radius 3 is 2.68 bits per heavy atom. The molecule has 1 aromatic heterocycles. The molecule has 0 N–H and O–H groups in total. The number of oxazole rings is 1. The number of fused-ring (bicyclic) bond motifs is 1. The summed E-state index contributed by atoms with van der Waals surface area (Å²) in [6, 6.07) is 13.9. The number of aryl methyl sites for hydroxylation is 2. The zero-order chi connectivity index (χ0) is 13.2. The van der Waals surface area contributed by atoms with Crippen molar-refractivity contribution in [3.63, 3.8) is 0 Å². The van der Waals surface area contributed by atoms with E-state index in [4.69, 9.17) is 4.42 Å². The molecule has 2 heteroatoms. The molecule has 0 saturated carbocycles. The molecule has 0 atom stereocenters. The van der Waals surface area contributed by atoms with E-state index in [9.17, 15) is 0 Å². The zero-order valence-electron chi connectivity index (χ0n) is 10.9. The Hall–Kier alpha value is -2.53. The minimum atomic E-state index is 0.462. The molecule has 0 aliphatic heterocycles. The van der Waals surface area contributed by atoms with Crippen molar-refractivity contribution < 1.29 is 4.42 Å². The Balaban J connectivity index is 2.01. The molecule has 0 amide bonds. The lowest BCUT2D eigenvalue weighted by Crippen LogP contribution is -1.80. The monoisotopic (exact) mass is 247 g/mol. The first-order chi connectivity index (χ1) is 9.22. The lowest BCUT2D eigenvalue weighted by atomic mass is 10.1. The SMILES string of the molecule is Cc1ccc2oc(C#Cc3ccccc3C)nc2c1. The summed E-state index contributed by atoms with van der Waals surface area (Å²) >= 11 is 0. The molecule has 0 radical (unpaired) electrons. The minimum absolute atomic E-state index is 0.462. The number of benzene rings is 2. The van der Waals surface area contributed by atoms with Gasteiger partial charge in [0, 0.05) is 5.56 Å². The summed E-state index contributed by atoms with van der Waals surface area (Å²) in [5.41, 5.74) is 4.95. The van der Waals surface area contributed by atoms with Gasteiger partial charge < -0.3 is 4.42 Å². The molecule has 19 heavy (non-hydrogen) atoms. The highest BCUT2D eigenvalue weighted by Crippen LogP contribution is 2.16. The van der Waals surface area contributed by atoms with E-state index in [0.29, 0.717) is 5.89 Å². The van der Waals surface area contributed by atoms with Crippen LogP contribution in [-0.4, -0.2) is 4.98 Å². The Morgan fingerprint density at radius 2 is 1.84 bits per heavy atom. The highest BCUT2D eigenvalue weighted by Gasteiger charge is 2.02. The van der Waals surface area contributed by atoms with Crippen LogP contribution in [0, 0.1) is 25.7 Å². The molecule has 0 bridgehead atoms. The second kappa shape index (κ2) is 4.62. The molecule has 0 aliphatic carbocycles. The maximum atomic E-state index is 5.60. The predicted octanol–water partition coefficient (Wildman–Crippen LogP) is 3.84. The quantitative estimate of drug-likeness (QED) is 0.564. The Labute approximate surface area is 112 Å². The van der Waals surface area contributed by atoms with Crippen molar-refractivity contribution in [1.82, 2.24) is 4.98 Å². The largest absolute Gasteiger partial charge is 0.430 e. The third kappa shape index (κ3) is 2.36. The molecule has 0 aliphatic rings. The fourth-order valence-electron chi connectivity index (χ4n) is 1.92. The molecule has 3 aromatic rings. The number of nitrogens with zero attached hydrogens (tertiary/aromatic N) is 1. The first-order valence-electron chi connectivity index (χ1n) is 6.17. The lowest BCUT2D eigenvalue weighted by Gasteiger charge is -1.93. The predicted molar refractivity (Wildman–Crippen MR) is 75.9 cm³/mol. The average molecular weight is 247 g/mol. The number of hydrogen-bond acceptors (Lipinski definition) is 2. The van der Waals surface area contributed by atoms with E-state index in [1.807, 2.05) is 56.3 Å². The highest BCUT2D eigenvalue weighted by atomic mass is 16.3. The van der Waals surface area contributed by atoms with E-state index in [1.165, 1.54) is 5.56 Å². The third-order valence-corrected chi connectivity index (χ3v) is 2.99. The Bertz CT molecular complexity index is 803. The number of hydrogen-bond donors (Lipinski definition) is 0. The van der Waals surface area contributed by atoms with Gasteiger partial charge in [-0.2, -0.15) is 0 Å². The van der Waals surface area contributed by atoms with Gasteiger partial charge in [0.15, 0.2) is 5.58 Å². The van der Waals surface area contributed by atoms with Crippen molar-refractivity contribution in [2.75, 3.05) is 0 Å². The summed E-state index contributed by atoms with van der Waals surface area (Å²) in [6.07, 6.45) is 0. The fraction of sp³-hybridized carbons (Fsp3) is 0.118. The average Bonchev–Trinajstić information content (AvgIpc) is 2.79. The summed E-state index contributed by atoms with van der Waals surface area (Å²) in [6.45, 7) is 4.08. The van der Waals surface area contributed by atoms with Gasteiger partial charge in [0.2, 0.25) is 0 Å². The van der Waals surface area contributed by atoms with Gasteiger partial charge in [0.1, 0.15) is 5.52 Å². The van der Waals surface area contributed by atoms with E-state index < -0.39 is 0 Å². The molecule has 0 spiro atoms. The summed E-state index contributed by atoms with van der Waals surface area (Å²) < 4.78 is 5.60. The van der Waals surface area contributed by atoms with Gasteiger partial charge >= 0.3 is 0 Å². The van der Waals surface area contributed by atoms with Gasteiger partial charge in [-0.3, -0.25) is 0 Å². The molecule has 0 fully saturated rings. The van der Waals surface area contributed by atoms with E-state index in [1.54, 1.807) is 0 Å². The molecule has 0 saturated heterocycles. The van der Waals surface area contributed by atoms with Crippen LogP contribution < -0.4 is 0 Å². The minimum Gasteiger partial charge on any atom is -0.430 e. The van der Waals surface area contributed by atoms with E-state index in [0.717, 1.165) is 22.2 Å². The summed E-state index contributed by atoms with van der Waals surface area (Å²) in [5, 5.41) is 0. The van der Waals surface area contributed by atoms with Crippen LogP contribution in [0.1, 0.15) is 22.6 Å². The second-order valence-corrected chi connectivity index (χ2v) is 4.56. The molecule has 2 nitrogen and oxygen atoms in total. The lowest BCUT2D eigenvalue weighted by molar-refractivity contribution is 0.586.